The Balaban J connectivity index is 1.34. The zero-order valence-electron chi connectivity index (χ0n) is 19.0. The van der Waals surface area contributed by atoms with E-state index in [0.717, 1.165) is 37.2 Å². The molecule has 0 unspecified atom stereocenters. The van der Waals surface area contributed by atoms with Gasteiger partial charge in [0.2, 0.25) is 5.91 Å². The van der Waals surface area contributed by atoms with Crippen molar-refractivity contribution in [2.75, 3.05) is 44.7 Å². The van der Waals surface area contributed by atoms with Crippen LogP contribution < -0.4 is 4.90 Å². The van der Waals surface area contributed by atoms with E-state index in [9.17, 15) is 14.0 Å². The second-order valence-corrected chi connectivity index (χ2v) is 9.84. The number of ether oxygens (including phenoxy) is 1. The van der Waals surface area contributed by atoms with E-state index in [1.807, 2.05) is 35.2 Å². The Kier molecular flexibility index (Phi) is 5.60. The molecule has 2 amide bonds. The van der Waals surface area contributed by atoms with Crippen molar-refractivity contribution >= 4 is 17.7 Å². The van der Waals surface area contributed by atoms with Gasteiger partial charge in [-0.05, 0) is 69.2 Å². The number of para-hydroxylation sites is 1. The summed E-state index contributed by atoms with van der Waals surface area (Å²) >= 11 is 0. The molecule has 1 spiro atoms. The molecule has 3 heterocycles. The maximum atomic E-state index is 14.0. The number of halogens is 1. The highest BCUT2D eigenvalue weighted by Crippen LogP contribution is 2.41. The molecule has 2 aromatic carbocycles. The van der Waals surface area contributed by atoms with E-state index in [1.165, 1.54) is 12.1 Å². The summed E-state index contributed by atoms with van der Waals surface area (Å²) in [6, 6.07) is 16.0. The zero-order valence-corrected chi connectivity index (χ0v) is 19.0. The van der Waals surface area contributed by atoms with Crippen molar-refractivity contribution in [2.24, 2.45) is 5.41 Å². The van der Waals surface area contributed by atoms with Crippen molar-refractivity contribution in [3.05, 3.63) is 66.0 Å². The van der Waals surface area contributed by atoms with Crippen LogP contribution in [0.5, 0.6) is 0 Å². The van der Waals surface area contributed by atoms with Crippen LogP contribution in [-0.4, -0.2) is 67.2 Å². The van der Waals surface area contributed by atoms with Crippen molar-refractivity contribution in [3.8, 4) is 0 Å². The third kappa shape index (κ3) is 4.22. The summed E-state index contributed by atoms with van der Waals surface area (Å²) in [4.78, 5) is 32.4. The maximum absolute atomic E-state index is 14.0. The topological polar surface area (TPSA) is 53.1 Å². The number of carbonyl (C=O) groups excluding carboxylic acids is 2. The minimum Gasteiger partial charge on any atom is -0.439 e. The first-order valence-corrected chi connectivity index (χ1v) is 11.7. The molecule has 3 saturated heterocycles. The van der Waals surface area contributed by atoms with E-state index >= 15 is 0 Å². The van der Waals surface area contributed by atoms with Gasteiger partial charge in [-0.3, -0.25) is 9.69 Å². The standard InChI is InChI=1S/C26H30FN3O3/c1-28-14-11-25(12-15-28,17-20-7-9-21(27)10-8-20)23(31)29-16-13-26(18-29)19-30(24(32)33-26)22-5-3-2-4-6-22/h2-10H,11-19H2,1H3/t26-/m1/s1. The lowest BCUT2D eigenvalue weighted by molar-refractivity contribution is -0.144. The minimum atomic E-state index is -0.662. The van der Waals surface area contributed by atoms with Crippen LogP contribution in [0.15, 0.2) is 54.6 Å². The van der Waals surface area contributed by atoms with E-state index in [2.05, 4.69) is 11.9 Å². The maximum Gasteiger partial charge on any atom is 0.415 e. The van der Waals surface area contributed by atoms with Gasteiger partial charge in [0.25, 0.3) is 0 Å². The number of benzene rings is 2. The largest absolute Gasteiger partial charge is 0.439 e. The number of likely N-dealkylation sites (tertiary alicyclic amines) is 2. The Bertz CT molecular complexity index is 1020. The van der Waals surface area contributed by atoms with E-state index in [1.54, 1.807) is 17.0 Å². The summed E-state index contributed by atoms with van der Waals surface area (Å²) in [6.45, 7) is 3.15. The molecule has 1 atom stereocenters. The number of hydrogen-bond acceptors (Lipinski definition) is 4. The summed E-state index contributed by atoms with van der Waals surface area (Å²) < 4.78 is 19.3. The Hall–Kier alpha value is -2.93. The fourth-order valence-electron chi connectivity index (χ4n) is 5.50. The fourth-order valence-corrected chi connectivity index (χ4v) is 5.50. The Morgan fingerprint density at radius 2 is 1.67 bits per heavy atom. The van der Waals surface area contributed by atoms with E-state index in [4.69, 9.17) is 4.74 Å². The van der Waals surface area contributed by atoms with Crippen molar-refractivity contribution in [1.29, 1.82) is 0 Å². The highest BCUT2D eigenvalue weighted by atomic mass is 19.1. The predicted octanol–water partition coefficient (Wildman–Crippen LogP) is 3.71. The molecule has 0 N–H and O–H groups in total. The number of carbonyl (C=O) groups is 2. The summed E-state index contributed by atoms with van der Waals surface area (Å²) in [5.74, 6) is -0.138. The number of rotatable bonds is 4. The molecule has 7 heteroatoms. The molecular weight excluding hydrogens is 421 g/mol. The average molecular weight is 452 g/mol. The monoisotopic (exact) mass is 451 g/mol. The molecule has 5 rings (SSSR count). The molecule has 6 nitrogen and oxygen atoms in total. The molecule has 33 heavy (non-hydrogen) atoms. The first-order valence-electron chi connectivity index (χ1n) is 11.7. The summed E-state index contributed by atoms with van der Waals surface area (Å²) in [7, 11) is 2.08. The number of nitrogens with zero attached hydrogens (tertiary/aromatic N) is 3. The van der Waals surface area contributed by atoms with Gasteiger partial charge in [0, 0.05) is 18.7 Å². The number of piperidine rings is 1. The van der Waals surface area contributed by atoms with Crippen LogP contribution in [0.4, 0.5) is 14.9 Å². The molecule has 0 radical (unpaired) electrons. The Morgan fingerprint density at radius 1 is 0.970 bits per heavy atom. The van der Waals surface area contributed by atoms with Gasteiger partial charge in [0.1, 0.15) is 5.82 Å². The molecule has 174 valence electrons. The molecule has 3 fully saturated rings. The van der Waals surface area contributed by atoms with Gasteiger partial charge in [-0.2, -0.15) is 0 Å². The van der Waals surface area contributed by atoms with Crippen molar-refractivity contribution in [1.82, 2.24) is 9.80 Å². The van der Waals surface area contributed by atoms with Gasteiger partial charge in [-0.1, -0.05) is 30.3 Å². The lowest BCUT2D eigenvalue weighted by atomic mass is 9.72. The first-order chi connectivity index (χ1) is 15.9. The SMILES string of the molecule is CN1CCC(Cc2ccc(F)cc2)(C(=O)N2CC[C@@]3(C2)CN(c2ccccc2)C(=O)O3)CC1. The van der Waals surface area contributed by atoms with Gasteiger partial charge in [0.15, 0.2) is 5.60 Å². The van der Waals surface area contributed by atoms with Crippen LogP contribution in [0.2, 0.25) is 0 Å². The fraction of sp³-hybridized carbons (Fsp3) is 0.462. The molecule has 0 bridgehead atoms. The van der Waals surface area contributed by atoms with E-state index < -0.39 is 11.0 Å². The van der Waals surface area contributed by atoms with Crippen LogP contribution >= 0.6 is 0 Å². The second-order valence-electron chi connectivity index (χ2n) is 9.84. The molecule has 0 saturated carbocycles. The van der Waals surface area contributed by atoms with Gasteiger partial charge < -0.3 is 14.5 Å². The Labute approximate surface area is 193 Å². The average Bonchev–Trinajstić information content (AvgIpc) is 3.39. The number of hydrogen-bond donors (Lipinski definition) is 0. The van der Waals surface area contributed by atoms with Crippen LogP contribution in [0.25, 0.3) is 0 Å². The molecule has 2 aromatic rings. The van der Waals surface area contributed by atoms with Crippen LogP contribution in [0.3, 0.4) is 0 Å². The van der Waals surface area contributed by atoms with Gasteiger partial charge in [-0.25, -0.2) is 9.18 Å². The quantitative estimate of drug-likeness (QED) is 0.711. The Morgan fingerprint density at radius 3 is 2.36 bits per heavy atom. The molecule has 3 aliphatic rings. The van der Waals surface area contributed by atoms with Crippen molar-refractivity contribution in [2.45, 2.75) is 31.3 Å². The van der Waals surface area contributed by atoms with Gasteiger partial charge in [0.05, 0.1) is 18.5 Å². The van der Waals surface area contributed by atoms with Crippen molar-refractivity contribution in [3.63, 3.8) is 0 Å². The first kappa shape index (κ1) is 21.9. The van der Waals surface area contributed by atoms with Crippen LogP contribution in [-0.2, 0) is 16.0 Å². The molecule has 0 aliphatic carbocycles. The number of anilines is 1. The molecular formula is C26H30FN3O3. The molecule has 0 aromatic heterocycles. The lowest BCUT2D eigenvalue weighted by Gasteiger charge is -2.42. The van der Waals surface area contributed by atoms with Crippen molar-refractivity contribution < 1.29 is 18.7 Å². The second kappa shape index (κ2) is 8.45. The lowest BCUT2D eigenvalue weighted by Crippen LogP contribution is -2.51. The smallest absolute Gasteiger partial charge is 0.415 e. The number of amides is 2. The summed E-state index contributed by atoms with van der Waals surface area (Å²) in [6.07, 6.45) is 2.41. The predicted molar refractivity (Wildman–Crippen MR) is 123 cm³/mol. The molecule has 3 aliphatic heterocycles. The summed E-state index contributed by atoms with van der Waals surface area (Å²) in [5, 5.41) is 0. The normalized spacial score (nSPS) is 25.0. The minimum absolute atomic E-state index is 0.131. The van der Waals surface area contributed by atoms with E-state index in [-0.39, 0.29) is 17.8 Å². The van der Waals surface area contributed by atoms with E-state index in [0.29, 0.717) is 32.5 Å². The highest BCUT2D eigenvalue weighted by molar-refractivity contribution is 5.91. The van der Waals surface area contributed by atoms with Gasteiger partial charge in [-0.15, -0.1) is 0 Å². The van der Waals surface area contributed by atoms with Gasteiger partial charge >= 0.3 is 6.09 Å². The summed E-state index contributed by atoms with van der Waals surface area (Å²) in [5.41, 5.74) is 0.612. The van der Waals surface area contributed by atoms with Crippen LogP contribution in [0, 0.1) is 11.2 Å². The third-order valence-electron chi connectivity index (χ3n) is 7.50. The zero-order chi connectivity index (χ0) is 23.1. The highest BCUT2D eigenvalue weighted by Gasteiger charge is 2.53. The third-order valence-corrected chi connectivity index (χ3v) is 7.50. The van der Waals surface area contributed by atoms with Crippen LogP contribution in [0.1, 0.15) is 24.8 Å².